The Hall–Kier alpha value is -1.30. The topological polar surface area (TPSA) is 35.5 Å². The standard InChI is InChI=1S/C14H19F3O3/c1-13(2,3)9-5-6-10(12(18)19-4)11(7-9)20-8-14(15,16)17/h5-6,11H,7-8H2,1-4H3. The molecule has 0 spiro atoms. The number of rotatable bonds is 3. The van der Waals surface area contributed by atoms with Crippen LogP contribution < -0.4 is 0 Å². The van der Waals surface area contributed by atoms with E-state index in [1.165, 1.54) is 13.2 Å². The van der Waals surface area contributed by atoms with Crippen molar-refractivity contribution < 1.29 is 27.4 Å². The first-order valence-electron chi connectivity index (χ1n) is 6.22. The van der Waals surface area contributed by atoms with Crippen molar-refractivity contribution in [1.29, 1.82) is 0 Å². The van der Waals surface area contributed by atoms with Crippen LogP contribution in [0, 0.1) is 5.41 Å². The Labute approximate surface area is 116 Å². The zero-order valence-corrected chi connectivity index (χ0v) is 12.0. The Morgan fingerprint density at radius 3 is 2.35 bits per heavy atom. The lowest BCUT2D eigenvalue weighted by Crippen LogP contribution is -2.31. The Morgan fingerprint density at radius 2 is 1.90 bits per heavy atom. The van der Waals surface area contributed by atoms with Gasteiger partial charge in [-0.15, -0.1) is 0 Å². The Morgan fingerprint density at radius 1 is 1.30 bits per heavy atom. The lowest BCUT2D eigenvalue weighted by atomic mass is 9.79. The van der Waals surface area contributed by atoms with Gasteiger partial charge in [0.25, 0.3) is 0 Å². The molecule has 1 atom stereocenters. The highest BCUT2D eigenvalue weighted by molar-refractivity contribution is 5.90. The second-order valence-electron chi connectivity index (χ2n) is 5.67. The molecule has 1 aliphatic rings. The Bertz CT molecular complexity index is 428. The molecule has 114 valence electrons. The monoisotopic (exact) mass is 292 g/mol. The van der Waals surface area contributed by atoms with Crippen LogP contribution in [0.25, 0.3) is 0 Å². The number of hydrogen-bond donors (Lipinski definition) is 0. The van der Waals surface area contributed by atoms with Crippen molar-refractivity contribution in [1.82, 2.24) is 0 Å². The van der Waals surface area contributed by atoms with Crippen LogP contribution in [0.5, 0.6) is 0 Å². The molecular formula is C14H19F3O3. The van der Waals surface area contributed by atoms with Gasteiger partial charge < -0.3 is 9.47 Å². The third-order valence-corrected chi connectivity index (χ3v) is 3.05. The molecule has 0 fully saturated rings. The van der Waals surface area contributed by atoms with Gasteiger partial charge in [0.15, 0.2) is 0 Å². The zero-order chi connectivity index (χ0) is 15.6. The fourth-order valence-electron chi connectivity index (χ4n) is 1.89. The van der Waals surface area contributed by atoms with Crippen molar-refractivity contribution in [2.45, 2.75) is 39.5 Å². The summed E-state index contributed by atoms with van der Waals surface area (Å²) in [7, 11) is 1.19. The van der Waals surface area contributed by atoms with E-state index in [9.17, 15) is 18.0 Å². The van der Waals surface area contributed by atoms with Crippen molar-refractivity contribution in [3.8, 4) is 0 Å². The molecule has 1 unspecified atom stereocenters. The highest BCUT2D eigenvalue weighted by Gasteiger charge is 2.34. The predicted octanol–water partition coefficient (Wildman–Crippen LogP) is 3.41. The van der Waals surface area contributed by atoms with Gasteiger partial charge in [0.05, 0.1) is 18.8 Å². The maximum absolute atomic E-state index is 12.3. The summed E-state index contributed by atoms with van der Waals surface area (Å²) in [6, 6.07) is 0. The molecule has 0 heterocycles. The van der Waals surface area contributed by atoms with Gasteiger partial charge in [-0.1, -0.05) is 32.4 Å². The molecule has 6 heteroatoms. The number of alkyl halides is 3. The molecule has 0 saturated carbocycles. The Balaban J connectivity index is 2.93. The van der Waals surface area contributed by atoms with Crippen molar-refractivity contribution in [3.63, 3.8) is 0 Å². The number of methoxy groups -OCH3 is 1. The fourth-order valence-corrected chi connectivity index (χ4v) is 1.89. The largest absolute Gasteiger partial charge is 0.466 e. The van der Waals surface area contributed by atoms with E-state index in [2.05, 4.69) is 4.74 Å². The lowest BCUT2D eigenvalue weighted by molar-refractivity contribution is -0.183. The van der Waals surface area contributed by atoms with Crippen LogP contribution >= 0.6 is 0 Å². The number of carbonyl (C=O) groups is 1. The minimum absolute atomic E-state index is 0.116. The predicted molar refractivity (Wildman–Crippen MR) is 68.0 cm³/mol. The van der Waals surface area contributed by atoms with Crippen molar-refractivity contribution in [2.24, 2.45) is 5.41 Å². The molecule has 0 aliphatic heterocycles. The summed E-state index contributed by atoms with van der Waals surface area (Å²) in [6.07, 6.45) is -1.87. The van der Waals surface area contributed by atoms with Crippen LogP contribution in [0.3, 0.4) is 0 Å². The Kier molecular flexibility index (Phi) is 5.02. The quantitative estimate of drug-likeness (QED) is 0.748. The molecule has 20 heavy (non-hydrogen) atoms. The first-order valence-corrected chi connectivity index (χ1v) is 6.22. The zero-order valence-electron chi connectivity index (χ0n) is 12.0. The summed E-state index contributed by atoms with van der Waals surface area (Å²) in [4.78, 5) is 11.6. The third kappa shape index (κ3) is 4.67. The molecule has 0 saturated heterocycles. The molecule has 0 bridgehead atoms. The number of ether oxygens (including phenoxy) is 2. The van der Waals surface area contributed by atoms with Crippen LogP contribution in [-0.4, -0.2) is 32.0 Å². The maximum atomic E-state index is 12.3. The van der Waals surface area contributed by atoms with E-state index in [0.29, 0.717) is 0 Å². The van der Waals surface area contributed by atoms with Gasteiger partial charge in [0.1, 0.15) is 6.61 Å². The first kappa shape index (κ1) is 16.8. The molecule has 0 amide bonds. The highest BCUT2D eigenvalue weighted by atomic mass is 19.4. The first-order chi connectivity index (χ1) is 9.04. The smallest absolute Gasteiger partial charge is 0.411 e. The minimum Gasteiger partial charge on any atom is -0.466 e. The second-order valence-corrected chi connectivity index (χ2v) is 5.67. The van der Waals surface area contributed by atoms with E-state index >= 15 is 0 Å². The molecule has 0 aromatic rings. The maximum Gasteiger partial charge on any atom is 0.411 e. The van der Waals surface area contributed by atoms with Crippen molar-refractivity contribution in [2.75, 3.05) is 13.7 Å². The number of hydrogen-bond acceptors (Lipinski definition) is 3. The molecule has 1 aliphatic carbocycles. The van der Waals surface area contributed by atoms with Gasteiger partial charge in [0.2, 0.25) is 0 Å². The molecular weight excluding hydrogens is 273 g/mol. The number of halogens is 3. The summed E-state index contributed by atoms with van der Waals surface area (Å²) >= 11 is 0. The van der Waals surface area contributed by atoms with Crippen molar-refractivity contribution in [3.05, 3.63) is 23.3 Å². The summed E-state index contributed by atoms with van der Waals surface area (Å²) < 4.78 is 46.3. The number of carbonyl (C=O) groups excluding carboxylic acids is 1. The number of allylic oxidation sites excluding steroid dienone is 2. The molecule has 3 nitrogen and oxygen atoms in total. The van der Waals surface area contributed by atoms with E-state index < -0.39 is 24.9 Å². The van der Waals surface area contributed by atoms with E-state index in [4.69, 9.17) is 4.74 Å². The van der Waals surface area contributed by atoms with E-state index in [-0.39, 0.29) is 17.4 Å². The normalized spacial score (nSPS) is 20.2. The van der Waals surface area contributed by atoms with Gasteiger partial charge in [-0.2, -0.15) is 13.2 Å². The molecule has 0 radical (unpaired) electrons. The number of esters is 1. The van der Waals surface area contributed by atoms with Gasteiger partial charge in [-0.3, -0.25) is 0 Å². The average molecular weight is 292 g/mol. The fraction of sp³-hybridized carbons (Fsp3) is 0.643. The summed E-state index contributed by atoms with van der Waals surface area (Å²) in [6.45, 7) is 4.48. The van der Waals surface area contributed by atoms with Crippen molar-refractivity contribution >= 4 is 5.97 Å². The van der Waals surface area contributed by atoms with Crippen LogP contribution in [0.2, 0.25) is 0 Å². The molecule has 1 rings (SSSR count). The van der Waals surface area contributed by atoms with E-state index in [0.717, 1.165) is 5.57 Å². The molecule has 0 aromatic heterocycles. The lowest BCUT2D eigenvalue weighted by Gasteiger charge is -2.30. The summed E-state index contributed by atoms with van der Waals surface area (Å²) in [5.41, 5.74) is 0.847. The average Bonchev–Trinajstić information content (AvgIpc) is 2.33. The highest BCUT2D eigenvalue weighted by Crippen LogP contribution is 2.35. The molecule has 0 aromatic carbocycles. The van der Waals surface area contributed by atoms with Crippen LogP contribution in [0.15, 0.2) is 23.3 Å². The van der Waals surface area contributed by atoms with Crippen LogP contribution in [0.1, 0.15) is 27.2 Å². The van der Waals surface area contributed by atoms with Gasteiger partial charge in [0, 0.05) is 0 Å². The van der Waals surface area contributed by atoms with Gasteiger partial charge in [-0.25, -0.2) is 4.79 Å². The van der Waals surface area contributed by atoms with E-state index in [1.54, 1.807) is 6.08 Å². The summed E-state index contributed by atoms with van der Waals surface area (Å²) in [5.74, 6) is -0.665. The van der Waals surface area contributed by atoms with Crippen LogP contribution in [0.4, 0.5) is 13.2 Å². The van der Waals surface area contributed by atoms with Crippen LogP contribution in [-0.2, 0) is 14.3 Å². The SMILES string of the molecule is COC(=O)C1=CC=C(C(C)(C)C)CC1OCC(F)(F)F. The second kappa shape index (κ2) is 5.99. The molecule has 0 N–H and O–H groups in total. The third-order valence-electron chi connectivity index (χ3n) is 3.05. The van der Waals surface area contributed by atoms with Gasteiger partial charge in [-0.05, 0) is 17.9 Å². The summed E-state index contributed by atoms with van der Waals surface area (Å²) in [5, 5.41) is 0. The van der Waals surface area contributed by atoms with E-state index in [1.807, 2.05) is 20.8 Å². The minimum atomic E-state index is -4.43. The van der Waals surface area contributed by atoms with Gasteiger partial charge >= 0.3 is 12.1 Å².